The molecule has 1 unspecified atom stereocenters. The second-order valence-electron chi connectivity index (χ2n) is 11.9. The van der Waals surface area contributed by atoms with Gasteiger partial charge in [0, 0.05) is 0 Å². The minimum absolute atomic E-state index is 0.0618. The molecule has 6 heteroatoms. The van der Waals surface area contributed by atoms with E-state index in [0.717, 1.165) is 0 Å². The van der Waals surface area contributed by atoms with E-state index >= 15 is 0 Å². The topological polar surface area (TPSA) is 46.4 Å². The Balaban J connectivity index is 2.00. The third-order valence-corrected chi connectivity index (χ3v) is 26.6. The predicted octanol–water partition coefficient (Wildman–Crippen LogP) is 8.40. The number of hydrogen-bond donors (Lipinski definition) is 0. The van der Waals surface area contributed by atoms with Gasteiger partial charge in [0.05, 0.1) is 0 Å². The van der Waals surface area contributed by atoms with Crippen LogP contribution in [0.15, 0.2) is 91.0 Å². The molecule has 0 bridgehead atoms. The van der Waals surface area contributed by atoms with Crippen LogP contribution in [-0.4, -0.2) is 54.7 Å². The van der Waals surface area contributed by atoms with Crippen LogP contribution in [0.1, 0.15) is 76.0 Å². The van der Waals surface area contributed by atoms with Gasteiger partial charge in [-0.05, 0) is 0 Å². The molecule has 3 atom stereocenters. The van der Waals surface area contributed by atoms with E-state index in [-0.39, 0.29) is 12.6 Å². The number of unbranched alkanes of at least 4 members (excludes halogenated alkanes) is 3. The monoisotopic (exact) mass is 683 g/mol. The molecule has 0 amide bonds. The summed E-state index contributed by atoms with van der Waals surface area (Å²) >= 11 is -2.92. The van der Waals surface area contributed by atoms with Gasteiger partial charge in [0.2, 0.25) is 0 Å². The van der Waals surface area contributed by atoms with Gasteiger partial charge in [0.25, 0.3) is 0 Å². The number of rotatable bonds is 17. The standard InChI is InChI=1S/C23H22NO3S.3C4H9.Sn/c1-28(25,26)27-18-22-17-24(22)23(19-11-5-2-6-12-19,20-13-7-3-8-14-20)21-15-9-4-10-16-21;3*1-3-4-2;/h2-17,22H,18H2,1H3;3*1,3-4H2,2H3;/t22-,24?;;;;/m1..../s1. The van der Waals surface area contributed by atoms with Gasteiger partial charge in [-0.3, -0.25) is 0 Å². The van der Waals surface area contributed by atoms with Gasteiger partial charge in [-0.1, -0.05) is 0 Å². The molecule has 1 aliphatic rings. The van der Waals surface area contributed by atoms with Crippen molar-refractivity contribution in [3.05, 3.63) is 108 Å². The van der Waals surface area contributed by atoms with Crippen molar-refractivity contribution in [2.24, 2.45) is 0 Å². The molecule has 0 aromatic heterocycles. The average molecular weight is 683 g/mol. The van der Waals surface area contributed by atoms with Gasteiger partial charge in [0.15, 0.2) is 0 Å². The number of hydrogen-bond acceptors (Lipinski definition) is 4. The average Bonchev–Trinajstić information content (AvgIpc) is 3.73. The fourth-order valence-corrected chi connectivity index (χ4v) is 26.9. The normalized spacial score (nSPS) is 19.3. The number of benzene rings is 3. The second kappa shape index (κ2) is 14.7. The van der Waals surface area contributed by atoms with E-state index < -0.39 is 34.0 Å². The first-order valence-electron chi connectivity index (χ1n) is 15.6. The molecule has 0 saturated carbocycles. The Labute approximate surface area is 253 Å². The van der Waals surface area contributed by atoms with Crippen LogP contribution in [0, 0.1) is 0 Å². The van der Waals surface area contributed by atoms with E-state index in [1.807, 2.05) is 0 Å². The molecule has 3 aromatic rings. The van der Waals surface area contributed by atoms with Crippen LogP contribution in [0.2, 0.25) is 13.3 Å². The molecule has 4 nitrogen and oxygen atoms in total. The molecule has 222 valence electrons. The van der Waals surface area contributed by atoms with Gasteiger partial charge >= 0.3 is 255 Å². The molecule has 1 saturated heterocycles. The van der Waals surface area contributed by atoms with Crippen molar-refractivity contribution in [2.75, 3.05) is 12.9 Å². The van der Waals surface area contributed by atoms with Gasteiger partial charge in [-0.15, -0.1) is 0 Å². The third kappa shape index (κ3) is 7.29. The second-order valence-corrected chi connectivity index (χ2v) is 27.3. The van der Waals surface area contributed by atoms with E-state index in [1.165, 1.54) is 74.8 Å². The van der Waals surface area contributed by atoms with Crippen molar-refractivity contribution >= 4 is 28.5 Å². The van der Waals surface area contributed by atoms with Gasteiger partial charge in [-0.2, -0.15) is 0 Å². The van der Waals surface area contributed by atoms with Crippen molar-refractivity contribution in [3.63, 3.8) is 0 Å². The first-order valence-corrected chi connectivity index (χ1v) is 25.1. The van der Waals surface area contributed by atoms with Gasteiger partial charge in [0.1, 0.15) is 0 Å². The van der Waals surface area contributed by atoms with Crippen LogP contribution in [0.5, 0.6) is 0 Å². The first-order chi connectivity index (χ1) is 19.8. The zero-order chi connectivity index (χ0) is 29.3. The van der Waals surface area contributed by atoms with Crippen molar-refractivity contribution < 1.29 is 12.6 Å². The van der Waals surface area contributed by atoms with Crippen LogP contribution in [-0.2, 0) is 19.8 Å². The van der Waals surface area contributed by atoms with Crippen LogP contribution in [0.3, 0.4) is 0 Å². The van der Waals surface area contributed by atoms with Crippen LogP contribution in [0.4, 0.5) is 0 Å². The minimum atomic E-state index is -3.57. The summed E-state index contributed by atoms with van der Waals surface area (Å²) in [7, 11) is -3.57. The summed E-state index contributed by atoms with van der Waals surface area (Å²) in [6.07, 6.45) is 8.60. The molecule has 1 fully saturated rings. The summed E-state index contributed by atoms with van der Waals surface area (Å²) in [5.41, 5.74) is 3.15. The molecule has 0 aliphatic carbocycles. The van der Waals surface area contributed by atoms with Crippen molar-refractivity contribution in [2.45, 2.75) is 88.2 Å². The number of nitrogens with zero attached hydrogens (tertiary/aromatic N) is 1. The summed E-state index contributed by atoms with van der Waals surface area (Å²) in [4.78, 5) is 2.73. The maximum absolute atomic E-state index is 12.4. The molecule has 4 rings (SSSR count). The molecule has 0 spiro atoms. The van der Waals surface area contributed by atoms with Crippen molar-refractivity contribution in [1.82, 2.24) is 4.90 Å². The summed E-state index contributed by atoms with van der Waals surface area (Å²) in [5.74, 6) is 0. The fourth-order valence-electron chi connectivity index (χ4n) is 7.20. The molecule has 41 heavy (non-hydrogen) atoms. The summed E-state index contributed by atoms with van der Waals surface area (Å²) in [6.45, 7) is 7.16. The molecule has 3 aromatic carbocycles. The molecule has 1 aliphatic heterocycles. The fraction of sp³-hybridized carbons (Fsp3) is 0.486. The third-order valence-electron chi connectivity index (χ3n) is 9.06. The molecule has 0 radical (unpaired) electrons. The molecular formula is C35H49NO3SSn. The Hall–Kier alpha value is -1.67. The first kappa shape index (κ1) is 32.2. The Bertz CT molecular complexity index is 1180. The Kier molecular flexibility index (Phi) is 11.5. The van der Waals surface area contributed by atoms with E-state index in [2.05, 4.69) is 117 Å². The van der Waals surface area contributed by atoms with Gasteiger partial charge in [-0.25, -0.2) is 0 Å². The Morgan fingerprint density at radius 2 is 1.05 bits per heavy atom. The predicted molar refractivity (Wildman–Crippen MR) is 174 cm³/mol. The quantitative estimate of drug-likeness (QED) is 0.0622. The maximum atomic E-state index is 12.4. The van der Waals surface area contributed by atoms with Crippen LogP contribution in [0.25, 0.3) is 0 Å². The van der Waals surface area contributed by atoms with E-state index in [0.29, 0.717) is 4.06 Å². The molecule has 0 N–H and O–H groups in total. The van der Waals surface area contributed by atoms with Gasteiger partial charge < -0.3 is 0 Å². The van der Waals surface area contributed by atoms with E-state index in [4.69, 9.17) is 4.18 Å². The Morgan fingerprint density at radius 3 is 1.37 bits per heavy atom. The van der Waals surface area contributed by atoms with E-state index in [1.54, 1.807) is 0 Å². The van der Waals surface area contributed by atoms with E-state index in [9.17, 15) is 8.42 Å². The van der Waals surface area contributed by atoms with Crippen molar-refractivity contribution in [1.29, 1.82) is 0 Å². The zero-order valence-electron chi connectivity index (χ0n) is 25.5. The SMILES string of the molecule is CCC[CH2][Sn]([CH2]CCC)([CH2]CCC)[C@@H]1[C@H](COS(C)(=O)=O)N1C(c1ccccc1)(c1ccccc1)c1ccccc1. The summed E-state index contributed by atoms with van der Waals surface area (Å²) in [5, 5.41) is 0. The Morgan fingerprint density at radius 1 is 0.683 bits per heavy atom. The zero-order valence-corrected chi connectivity index (χ0v) is 29.1. The van der Waals surface area contributed by atoms with Crippen LogP contribution < -0.4 is 0 Å². The van der Waals surface area contributed by atoms with Crippen LogP contribution >= 0.6 is 0 Å². The molecule has 1 heterocycles. The summed E-state index contributed by atoms with van der Waals surface area (Å²) < 4.78 is 34.9. The van der Waals surface area contributed by atoms with Crippen molar-refractivity contribution in [3.8, 4) is 0 Å². The molecular weight excluding hydrogens is 633 g/mol. The summed E-state index contributed by atoms with van der Waals surface area (Å²) in [6, 6.07) is 32.7.